The van der Waals surface area contributed by atoms with E-state index in [1.807, 2.05) is 0 Å². The van der Waals surface area contributed by atoms with Gasteiger partial charge in [0.2, 0.25) is 0 Å². The number of fused-ring (bicyclic) bond motifs is 1. The van der Waals surface area contributed by atoms with Crippen LogP contribution in [0.25, 0.3) is 0 Å². The van der Waals surface area contributed by atoms with E-state index in [1.54, 1.807) is 0 Å². The van der Waals surface area contributed by atoms with E-state index in [9.17, 15) is 0 Å². The molecule has 3 rings (SSSR count). The van der Waals surface area contributed by atoms with E-state index in [-0.39, 0.29) is 5.41 Å². The number of nitrogens with zero attached hydrogens (tertiary/aromatic N) is 2. The van der Waals surface area contributed by atoms with E-state index in [4.69, 9.17) is 9.73 Å². The van der Waals surface area contributed by atoms with Crippen molar-refractivity contribution < 1.29 is 4.74 Å². The van der Waals surface area contributed by atoms with Crippen molar-refractivity contribution in [3.05, 3.63) is 11.8 Å². The van der Waals surface area contributed by atoms with Gasteiger partial charge in [0.25, 0.3) is 0 Å². The number of hydrogen-bond acceptors (Lipinski definition) is 4. The van der Waals surface area contributed by atoms with Gasteiger partial charge >= 0.3 is 0 Å². The summed E-state index contributed by atoms with van der Waals surface area (Å²) in [5, 5.41) is 3.49. The fourth-order valence-electron chi connectivity index (χ4n) is 2.85. The van der Waals surface area contributed by atoms with Crippen LogP contribution in [0.3, 0.4) is 0 Å². The van der Waals surface area contributed by atoms with E-state index in [1.165, 1.54) is 11.4 Å². The highest BCUT2D eigenvalue weighted by atomic mass is 16.5. The highest BCUT2D eigenvalue weighted by Crippen LogP contribution is 2.30. The topological polar surface area (TPSA) is 36.9 Å². The summed E-state index contributed by atoms with van der Waals surface area (Å²) in [6.45, 7) is 10.2. The predicted octanol–water partition coefficient (Wildman–Crippen LogP) is 0.655. The molecule has 17 heavy (non-hydrogen) atoms. The van der Waals surface area contributed by atoms with Crippen LogP contribution in [0, 0.1) is 5.41 Å². The first-order chi connectivity index (χ1) is 8.17. The highest BCUT2D eigenvalue weighted by Gasteiger charge is 2.37. The number of dihydropyridines is 1. The molecule has 0 aromatic heterocycles. The molecule has 1 N–H and O–H groups in total. The summed E-state index contributed by atoms with van der Waals surface area (Å²) in [6, 6.07) is 0.457. The third-order valence-electron chi connectivity index (χ3n) is 3.93. The smallest absolute Gasteiger partial charge is 0.0651 e. The van der Waals surface area contributed by atoms with Crippen molar-refractivity contribution in [3.8, 4) is 0 Å². The summed E-state index contributed by atoms with van der Waals surface area (Å²) >= 11 is 0. The maximum Gasteiger partial charge on any atom is 0.0651 e. The van der Waals surface area contributed by atoms with Crippen LogP contribution in [0.4, 0.5) is 0 Å². The van der Waals surface area contributed by atoms with Crippen molar-refractivity contribution in [2.75, 3.05) is 39.4 Å². The Bertz CT molecular complexity index is 367. The first-order valence-corrected chi connectivity index (χ1v) is 6.50. The molecule has 2 fully saturated rings. The molecule has 1 atom stereocenters. The minimum Gasteiger partial charge on any atom is -0.383 e. The normalized spacial score (nSPS) is 32.5. The van der Waals surface area contributed by atoms with Gasteiger partial charge in [-0.25, -0.2) is 0 Å². The zero-order valence-electron chi connectivity index (χ0n) is 10.7. The van der Waals surface area contributed by atoms with Crippen LogP contribution in [0.15, 0.2) is 16.8 Å². The van der Waals surface area contributed by atoms with Gasteiger partial charge in [-0.1, -0.05) is 13.8 Å². The third-order valence-corrected chi connectivity index (χ3v) is 3.93. The Morgan fingerprint density at radius 1 is 1.41 bits per heavy atom. The average molecular weight is 235 g/mol. The molecule has 0 saturated carbocycles. The first-order valence-electron chi connectivity index (χ1n) is 6.50. The molecule has 3 heterocycles. The molecule has 3 aliphatic rings. The van der Waals surface area contributed by atoms with Crippen LogP contribution in [0.1, 0.15) is 13.8 Å². The molecule has 4 nitrogen and oxygen atoms in total. The zero-order valence-corrected chi connectivity index (χ0v) is 10.7. The van der Waals surface area contributed by atoms with Gasteiger partial charge in [-0.15, -0.1) is 0 Å². The van der Waals surface area contributed by atoms with Crippen LogP contribution >= 0.6 is 0 Å². The second-order valence-electron chi connectivity index (χ2n) is 5.72. The second-order valence-corrected chi connectivity index (χ2v) is 5.72. The molecule has 0 bridgehead atoms. The Morgan fingerprint density at radius 3 is 2.94 bits per heavy atom. The maximum atomic E-state index is 5.40. The average Bonchev–Trinajstić information content (AvgIpc) is 2.66. The van der Waals surface area contributed by atoms with Gasteiger partial charge in [0, 0.05) is 31.1 Å². The molecule has 0 radical (unpaired) electrons. The lowest BCUT2D eigenvalue weighted by atomic mass is 9.88. The summed E-state index contributed by atoms with van der Waals surface area (Å²) in [6.07, 6.45) is 2.36. The lowest BCUT2D eigenvalue weighted by Crippen LogP contribution is -2.45. The number of morpholine rings is 1. The van der Waals surface area contributed by atoms with E-state index in [0.29, 0.717) is 6.04 Å². The fourth-order valence-corrected chi connectivity index (χ4v) is 2.85. The molecule has 94 valence electrons. The second kappa shape index (κ2) is 4.10. The van der Waals surface area contributed by atoms with Crippen molar-refractivity contribution in [2.45, 2.75) is 19.9 Å². The predicted molar refractivity (Wildman–Crippen MR) is 68.3 cm³/mol. The minimum atomic E-state index is 0.196. The molecule has 4 heteroatoms. The number of rotatable bonds is 1. The Labute approximate surface area is 103 Å². The monoisotopic (exact) mass is 235 g/mol. The number of aliphatic imine (C=N–C) groups is 1. The van der Waals surface area contributed by atoms with Gasteiger partial charge < -0.3 is 10.1 Å². The zero-order chi connectivity index (χ0) is 11.9. The molecule has 1 unspecified atom stereocenters. The van der Waals surface area contributed by atoms with Crippen LogP contribution in [0.5, 0.6) is 0 Å². The SMILES string of the molecule is CC1(C)CNC2=CC(N3CCOCC3)CN=C21. The van der Waals surface area contributed by atoms with Gasteiger partial charge in [0.1, 0.15) is 0 Å². The van der Waals surface area contributed by atoms with Crippen molar-refractivity contribution >= 4 is 5.71 Å². The number of hydrogen-bond donors (Lipinski definition) is 1. The molecule has 0 aromatic carbocycles. The summed E-state index contributed by atoms with van der Waals surface area (Å²) < 4.78 is 5.40. The van der Waals surface area contributed by atoms with Gasteiger partial charge in [0.05, 0.1) is 31.2 Å². The van der Waals surface area contributed by atoms with Gasteiger partial charge in [-0.2, -0.15) is 0 Å². The molecule has 3 aliphatic heterocycles. The van der Waals surface area contributed by atoms with Gasteiger partial charge in [-0.3, -0.25) is 9.89 Å². The molecule has 0 aromatic rings. The first kappa shape index (κ1) is 11.2. The van der Waals surface area contributed by atoms with E-state index in [0.717, 1.165) is 39.4 Å². The van der Waals surface area contributed by atoms with Crippen molar-refractivity contribution in [1.82, 2.24) is 10.2 Å². The van der Waals surface area contributed by atoms with Gasteiger partial charge in [-0.05, 0) is 6.08 Å². The van der Waals surface area contributed by atoms with Crippen molar-refractivity contribution in [3.63, 3.8) is 0 Å². The molecular weight excluding hydrogens is 214 g/mol. The lowest BCUT2D eigenvalue weighted by molar-refractivity contribution is 0.0269. The van der Waals surface area contributed by atoms with E-state index in [2.05, 4.69) is 30.1 Å². The van der Waals surface area contributed by atoms with Crippen LogP contribution in [-0.2, 0) is 4.74 Å². The Hall–Kier alpha value is -0.870. The Balaban J connectivity index is 1.75. The standard InChI is InChI=1S/C13H21N3O/c1-13(2)9-15-11-7-10(8-14-12(11)13)16-3-5-17-6-4-16/h7,10,15H,3-6,8-9H2,1-2H3. The summed E-state index contributed by atoms with van der Waals surface area (Å²) in [5.74, 6) is 0. The number of nitrogens with one attached hydrogen (secondary N) is 1. The summed E-state index contributed by atoms with van der Waals surface area (Å²) in [4.78, 5) is 7.28. The van der Waals surface area contributed by atoms with E-state index >= 15 is 0 Å². The van der Waals surface area contributed by atoms with Crippen LogP contribution < -0.4 is 5.32 Å². The molecule has 0 amide bonds. The molecule has 0 aliphatic carbocycles. The summed E-state index contributed by atoms with van der Waals surface area (Å²) in [7, 11) is 0. The minimum absolute atomic E-state index is 0.196. The van der Waals surface area contributed by atoms with Crippen LogP contribution in [0.2, 0.25) is 0 Å². The largest absolute Gasteiger partial charge is 0.383 e. The number of allylic oxidation sites excluding steroid dienone is 1. The van der Waals surface area contributed by atoms with Crippen molar-refractivity contribution in [1.29, 1.82) is 0 Å². The molecule has 2 saturated heterocycles. The third kappa shape index (κ3) is 2.00. The van der Waals surface area contributed by atoms with Crippen molar-refractivity contribution in [2.24, 2.45) is 10.4 Å². The quantitative estimate of drug-likeness (QED) is 0.725. The Morgan fingerprint density at radius 2 is 2.18 bits per heavy atom. The van der Waals surface area contributed by atoms with Crippen LogP contribution in [-0.4, -0.2) is 56.0 Å². The summed E-state index contributed by atoms with van der Waals surface area (Å²) in [5.41, 5.74) is 2.72. The van der Waals surface area contributed by atoms with E-state index < -0.39 is 0 Å². The molecule has 0 spiro atoms. The molecular formula is C13H21N3O. The number of ether oxygens (including phenoxy) is 1. The van der Waals surface area contributed by atoms with Gasteiger partial charge in [0.15, 0.2) is 0 Å². The Kier molecular flexibility index (Phi) is 2.71. The lowest BCUT2D eigenvalue weighted by Gasteiger charge is -2.34. The maximum absolute atomic E-state index is 5.40. The highest BCUT2D eigenvalue weighted by molar-refractivity contribution is 6.06. The fraction of sp³-hybridized carbons (Fsp3) is 0.769.